The molecule has 25 heavy (non-hydrogen) atoms. The largest absolute Gasteiger partial charge is 0.476 e. The Morgan fingerprint density at radius 2 is 2.12 bits per heavy atom. The van der Waals surface area contributed by atoms with Crippen LogP contribution >= 0.6 is 22.9 Å². The number of carbonyl (C=O) groups excluding carboxylic acids is 1. The number of sulfonamides is 1. The van der Waals surface area contributed by atoms with Gasteiger partial charge in [-0.15, -0.1) is 11.3 Å². The molecule has 6 nitrogen and oxygen atoms in total. The van der Waals surface area contributed by atoms with Crippen LogP contribution in [-0.2, 0) is 14.8 Å². The Bertz CT molecular complexity index is 882. The molecule has 1 aliphatic rings. The minimum Gasteiger partial charge on any atom is -0.476 e. The Morgan fingerprint density at radius 1 is 1.36 bits per heavy atom. The van der Waals surface area contributed by atoms with Crippen molar-refractivity contribution in [3.8, 4) is 5.75 Å². The second-order valence-electron chi connectivity index (χ2n) is 5.46. The Balaban J connectivity index is 1.98. The van der Waals surface area contributed by atoms with E-state index in [2.05, 4.69) is 5.32 Å². The lowest BCUT2D eigenvalue weighted by atomic mass is 10.2. The zero-order valence-corrected chi connectivity index (χ0v) is 15.8. The van der Waals surface area contributed by atoms with Gasteiger partial charge < -0.3 is 10.1 Å². The van der Waals surface area contributed by atoms with Crippen molar-refractivity contribution >= 4 is 44.6 Å². The Kier molecular flexibility index (Phi) is 5.21. The smallest absolute Gasteiger partial charge is 0.274 e. The van der Waals surface area contributed by atoms with Crippen molar-refractivity contribution in [2.75, 3.05) is 17.4 Å². The lowest BCUT2D eigenvalue weighted by Crippen LogP contribution is -2.50. The number of nitrogens with one attached hydrogen (secondary N) is 1. The van der Waals surface area contributed by atoms with E-state index in [0.717, 1.165) is 17.8 Å². The van der Waals surface area contributed by atoms with E-state index in [0.29, 0.717) is 22.3 Å². The first-order valence-electron chi connectivity index (χ1n) is 7.75. The zero-order valence-electron chi connectivity index (χ0n) is 13.4. The highest BCUT2D eigenvalue weighted by Gasteiger charge is 2.37. The number of fused-ring (bicyclic) bond motifs is 1. The zero-order chi connectivity index (χ0) is 18.0. The van der Waals surface area contributed by atoms with Crippen LogP contribution in [0.1, 0.15) is 13.3 Å². The van der Waals surface area contributed by atoms with Crippen LogP contribution in [0.3, 0.4) is 0 Å². The van der Waals surface area contributed by atoms with E-state index in [1.165, 1.54) is 16.4 Å². The molecule has 1 aromatic carbocycles. The molecule has 0 bridgehead atoms. The monoisotopic (exact) mass is 400 g/mol. The van der Waals surface area contributed by atoms with Crippen molar-refractivity contribution < 1.29 is 17.9 Å². The molecule has 1 unspecified atom stereocenters. The van der Waals surface area contributed by atoms with Crippen LogP contribution < -0.4 is 14.4 Å². The maximum Gasteiger partial charge on any atom is 0.274 e. The summed E-state index contributed by atoms with van der Waals surface area (Å²) in [7, 11) is -3.83. The number of nitrogens with zero attached hydrogens (tertiary/aromatic N) is 1. The van der Waals surface area contributed by atoms with Crippen LogP contribution in [0.25, 0.3) is 0 Å². The molecular formula is C16H17ClN2O4S2. The first kappa shape index (κ1) is 18.0. The van der Waals surface area contributed by atoms with Crippen molar-refractivity contribution in [1.29, 1.82) is 0 Å². The maximum atomic E-state index is 13.0. The highest BCUT2D eigenvalue weighted by Crippen LogP contribution is 2.38. The van der Waals surface area contributed by atoms with Crippen LogP contribution in [-0.4, -0.2) is 33.5 Å². The molecule has 0 saturated carbocycles. The van der Waals surface area contributed by atoms with Gasteiger partial charge in [-0.05, 0) is 30.7 Å². The number of anilines is 1. The maximum absolute atomic E-state index is 13.0. The van der Waals surface area contributed by atoms with Gasteiger partial charge in [-0.25, -0.2) is 8.42 Å². The van der Waals surface area contributed by atoms with Gasteiger partial charge in [0.05, 0.1) is 16.6 Å². The molecular weight excluding hydrogens is 384 g/mol. The van der Waals surface area contributed by atoms with Gasteiger partial charge in [-0.1, -0.05) is 30.7 Å². The van der Waals surface area contributed by atoms with Gasteiger partial charge in [0.2, 0.25) is 0 Å². The van der Waals surface area contributed by atoms with E-state index in [9.17, 15) is 13.2 Å². The summed E-state index contributed by atoms with van der Waals surface area (Å²) in [5.74, 6) is 0.0254. The molecule has 1 aromatic heterocycles. The molecule has 2 aromatic rings. The molecule has 3 rings (SSSR count). The summed E-state index contributed by atoms with van der Waals surface area (Å²) in [6, 6.07) is 9.77. The standard InChI is InChI=1S/C16H17ClN2O4S2/c1-2-9-18-16(20)13-10-19(11-5-3-4-6-12(11)23-13)25(21,22)15-8-7-14(17)24-15/h3-8,13H,2,9-10H2,1H3,(H,18,20). The number of para-hydroxylation sites is 2. The summed E-state index contributed by atoms with van der Waals surface area (Å²) < 4.78 is 33.5. The Labute approximate surface area is 155 Å². The fraction of sp³-hybridized carbons (Fsp3) is 0.312. The number of benzene rings is 1. The minimum atomic E-state index is -3.83. The summed E-state index contributed by atoms with van der Waals surface area (Å²) in [5, 5.41) is 2.74. The van der Waals surface area contributed by atoms with Gasteiger partial charge in [0.25, 0.3) is 15.9 Å². The predicted octanol–water partition coefficient (Wildman–Crippen LogP) is 2.88. The van der Waals surface area contributed by atoms with E-state index in [1.54, 1.807) is 24.3 Å². The molecule has 0 spiro atoms. The number of amides is 1. The van der Waals surface area contributed by atoms with Crippen molar-refractivity contribution in [3.05, 3.63) is 40.7 Å². The summed E-state index contributed by atoms with van der Waals surface area (Å²) in [4.78, 5) is 12.3. The molecule has 1 aliphatic heterocycles. The third-order valence-electron chi connectivity index (χ3n) is 3.67. The summed E-state index contributed by atoms with van der Waals surface area (Å²) in [6.45, 7) is 2.35. The summed E-state index contributed by atoms with van der Waals surface area (Å²) in [6.07, 6.45) is -0.128. The lowest BCUT2D eigenvalue weighted by molar-refractivity contribution is -0.127. The van der Waals surface area contributed by atoms with Gasteiger partial charge in [-0.3, -0.25) is 9.10 Å². The van der Waals surface area contributed by atoms with Crippen molar-refractivity contribution in [2.45, 2.75) is 23.7 Å². The van der Waals surface area contributed by atoms with Crippen LogP contribution in [0.4, 0.5) is 5.69 Å². The van der Waals surface area contributed by atoms with E-state index in [4.69, 9.17) is 16.3 Å². The highest BCUT2D eigenvalue weighted by molar-refractivity contribution is 7.94. The number of thiophene rings is 1. The number of hydrogen-bond donors (Lipinski definition) is 1. The Morgan fingerprint density at radius 3 is 2.80 bits per heavy atom. The molecule has 0 fully saturated rings. The summed E-state index contributed by atoms with van der Waals surface area (Å²) in [5.41, 5.74) is 0.409. The third-order valence-corrected chi connectivity index (χ3v) is 7.15. The number of carbonyl (C=O) groups is 1. The van der Waals surface area contributed by atoms with Crippen molar-refractivity contribution in [2.24, 2.45) is 0 Å². The molecule has 1 N–H and O–H groups in total. The first-order chi connectivity index (χ1) is 11.9. The number of hydrogen-bond acceptors (Lipinski definition) is 5. The topological polar surface area (TPSA) is 75.7 Å². The number of ether oxygens (including phenoxy) is 1. The quantitative estimate of drug-likeness (QED) is 0.837. The van der Waals surface area contributed by atoms with Crippen molar-refractivity contribution in [3.63, 3.8) is 0 Å². The second-order valence-corrected chi connectivity index (χ2v) is 9.26. The Hall–Kier alpha value is -1.77. The molecule has 2 heterocycles. The van der Waals surface area contributed by atoms with Crippen LogP contribution in [0.5, 0.6) is 5.75 Å². The molecule has 134 valence electrons. The minimum absolute atomic E-state index is 0.0928. The summed E-state index contributed by atoms with van der Waals surface area (Å²) >= 11 is 6.87. The van der Waals surface area contributed by atoms with Crippen LogP contribution in [0.15, 0.2) is 40.6 Å². The second kappa shape index (κ2) is 7.23. The van der Waals surface area contributed by atoms with E-state index in [1.807, 2.05) is 6.92 Å². The average Bonchev–Trinajstić information content (AvgIpc) is 3.05. The van der Waals surface area contributed by atoms with Crippen LogP contribution in [0, 0.1) is 0 Å². The average molecular weight is 401 g/mol. The fourth-order valence-electron chi connectivity index (χ4n) is 2.47. The normalized spacial score (nSPS) is 16.9. The molecule has 0 aliphatic carbocycles. The van der Waals surface area contributed by atoms with Gasteiger partial charge in [-0.2, -0.15) is 0 Å². The highest BCUT2D eigenvalue weighted by atomic mass is 35.5. The molecule has 1 amide bonds. The fourth-order valence-corrected chi connectivity index (χ4v) is 5.55. The predicted molar refractivity (Wildman–Crippen MR) is 98.0 cm³/mol. The molecule has 0 radical (unpaired) electrons. The van der Waals surface area contributed by atoms with Crippen molar-refractivity contribution in [1.82, 2.24) is 5.32 Å². The van der Waals surface area contributed by atoms with E-state index >= 15 is 0 Å². The molecule has 9 heteroatoms. The van der Waals surface area contributed by atoms with Gasteiger partial charge in [0, 0.05) is 6.54 Å². The van der Waals surface area contributed by atoms with E-state index in [-0.39, 0.29) is 16.7 Å². The molecule has 1 atom stereocenters. The lowest BCUT2D eigenvalue weighted by Gasteiger charge is -2.34. The van der Waals surface area contributed by atoms with Gasteiger partial charge in [0.15, 0.2) is 6.10 Å². The third kappa shape index (κ3) is 3.61. The van der Waals surface area contributed by atoms with Crippen LogP contribution in [0.2, 0.25) is 4.34 Å². The number of halogens is 1. The number of rotatable bonds is 5. The van der Waals surface area contributed by atoms with E-state index < -0.39 is 16.1 Å². The SMILES string of the molecule is CCCNC(=O)C1CN(S(=O)(=O)c2ccc(Cl)s2)c2ccccc2O1. The van der Waals surface area contributed by atoms with Gasteiger partial charge >= 0.3 is 0 Å². The van der Waals surface area contributed by atoms with Gasteiger partial charge in [0.1, 0.15) is 9.96 Å². The first-order valence-corrected chi connectivity index (χ1v) is 10.4. The molecule has 0 saturated heterocycles.